The summed E-state index contributed by atoms with van der Waals surface area (Å²) in [6.45, 7) is 7.30. The Balaban J connectivity index is 1.56. The highest BCUT2D eigenvalue weighted by molar-refractivity contribution is 7.22. The number of ether oxygens (including phenoxy) is 1. The van der Waals surface area contributed by atoms with Crippen molar-refractivity contribution in [2.75, 3.05) is 44.3 Å². The Labute approximate surface area is 175 Å². The van der Waals surface area contributed by atoms with Crippen LogP contribution in [0.4, 0.5) is 5.13 Å². The van der Waals surface area contributed by atoms with Crippen molar-refractivity contribution in [1.29, 1.82) is 0 Å². The predicted molar refractivity (Wildman–Crippen MR) is 119 cm³/mol. The summed E-state index contributed by atoms with van der Waals surface area (Å²) in [6, 6.07) is 15.9. The van der Waals surface area contributed by atoms with E-state index in [1.165, 1.54) is 5.56 Å². The molecule has 2 aromatic carbocycles. The van der Waals surface area contributed by atoms with Crippen LogP contribution >= 0.6 is 11.3 Å². The van der Waals surface area contributed by atoms with Gasteiger partial charge in [-0.15, -0.1) is 0 Å². The first-order valence-electron chi connectivity index (χ1n) is 10.3. The van der Waals surface area contributed by atoms with E-state index in [2.05, 4.69) is 30.0 Å². The summed E-state index contributed by atoms with van der Waals surface area (Å²) in [5, 5.41) is 0.782. The third-order valence-corrected chi connectivity index (χ3v) is 6.35. The van der Waals surface area contributed by atoms with E-state index in [4.69, 9.17) is 9.72 Å². The standard InChI is InChI=1S/C23H27N3O2S/c1-2-18-9-10-20-21(17-18)29-23(24-20)26(22(27)19-7-4-3-5-8-19)12-6-11-25-13-15-28-16-14-25/h3-5,7-10,17H,2,6,11-16H2,1H3. The molecule has 1 aliphatic heterocycles. The zero-order chi connectivity index (χ0) is 20.1. The molecule has 1 fully saturated rings. The number of carbonyl (C=O) groups is 1. The molecular weight excluding hydrogens is 382 g/mol. The lowest BCUT2D eigenvalue weighted by Crippen LogP contribution is -2.39. The Morgan fingerprint density at radius 2 is 1.97 bits per heavy atom. The number of hydrogen-bond acceptors (Lipinski definition) is 5. The van der Waals surface area contributed by atoms with Crippen LogP contribution < -0.4 is 4.90 Å². The van der Waals surface area contributed by atoms with Crippen LogP contribution in [-0.2, 0) is 11.2 Å². The highest BCUT2D eigenvalue weighted by Crippen LogP contribution is 2.31. The number of thiazole rings is 1. The minimum absolute atomic E-state index is 0.0161. The molecule has 3 aromatic rings. The van der Waals surface area contributed by atoms with Gasteiger partial charge < -0.3 is 4.74 Å². The Kier molecular flexibility index (Phi) is 6.54. The first-order valence-corrected chi connectivity index (χ1v) is 11.1. The molecule has 2 heterocycles. The SMILES string of the molecule is CCc1ccc2nc(N(CCCN3CCOCC3)C(=O)c3ccccc3)sc2c1. The van der Waals surface area contributed by atoms with Crippen molar-refractivity contribution in [2.24, 2.45) is 0 Å². The molecule has 0 aliphatic carbocycles. The second kappa shape index (κ2) is 9.48. The maximum absolute atomic E-state index is 13.3. The van der Waals surface area contributed by atoms with Gasteiger partial charge in [0.2, 0.25) is 0 Å². The van der Waals surface area contributed by atoms with Crippen LogP contribution in [0.25, 0.3) is 10.2 Å². The number of fused-ring (bicyclic) bond motifs is 1. The lowest BCUT2D eigenvalue weighted by molar-refractivity contribution is 0.0376. The molecule has 0 N–H and O–H groups in total. The number of anilines is 1. The maximum atomic E-state index is 13.3. The number of aryl methyl sites for hydroxylation is 1. The molecule has 0 spiro atoms. The summed E-state index contributed by atoms with van der Waals surface area (Å²) < 4.78 is 6.57. The lowest BCUT2D eigenvalue weighted by atomic mass is 10.2. The number of morpholine rings is 1. The highest BCUT2D eigenvalue weighted by Gasteiger charge is 2.21. The van der Waals surface area contributed by atoms with Gasteiger partial charge in [-0.2, -0.15) is 0 Å². The smallest absolute Gasteiger partial charge is 0.260 e. The summed E-state index contributed by atoms with van der Waals surface area (Å²) in [6.07, 6.45) is 1.91. The number of nitrogens with zero attached hydrogens (tertiary/aromatic N) is 3. The normalized spacial score (nSPS) is 14.9. The molecule has 4 rings (SSSR count). The first kappa shape index (κ1) is 20.0. The van der Waals surface area contributed by atoms with Crippen molar-refractivity contribution in [3.63, 3.8) is 0 Å². The van der Waals surface area contributed by atoms with E-state index in [-0.39, 0.29) is 5.91 Å². The number of carbonyl (C=O) groups excluding carboxylic acids is 1. The summed E-state index contributed by atoms with van der Waals surface area (Å²) in [4.78, 5) is 22.3. The molecule has 0 unspecified atom stereocenters. The van der Waals surface area contributed by atoms with Gasteiger partial charge in [0.05, 0.1) is 23.4 Å². The number of aromatic nitrogens is 1. The zero-order valence-corrected chi connectivity index (χ0v) is 17.7. The zero-order valence-electron chi connectivity index (χ0n) is 16.8. The average Bonchev–Trinajstić information content (AvgIpc) is 3.20. The summed E-state index contributed by atoms with van der Waals surface area (Å²) >= 11 is 1.60. The van der Waals surface area contributed by atoms with E-state index in [1.54, 1.807) is 11.3 Å². The Bertz CT molecular complexity index is 951. The van der Waals surface area contributed by atoms with Crippen molar-refractivity contribution >= 4 is 32.6 Å². The van der Waals surface area contributed by atoms with Crippen LogP contribution in [-0.4, -0.2) is 55.2 Å². The van der Waals surface area contributed by atoms with Gasteiger partial charge in [0.1, 0.15) is 0 Å². The van der Waals surface area contributed by atoms with Crippen molar-refractivity contribution < 1.29 is 9.53 Å². The fraction of sp³-hybridized carbons (Fsp3) is 0.391. The van der Waals surface area contributed by atoms with E-state index in [1.807, 2.05) is 35.2 Å². The monoisotopic (exact) mass is 409 g/mol. The predicted octanol–water partition coefficient (Wildman–Crippen LogP) is 4.23. The number of benzene rings is 2. The van der Waals surface area contributed by atoms with Crippen LogP contribution in [0.1, 0.15) is 29.3 Å². The fourth-order valence-electron chi connectivity index (χ4n) is 3.59. The van der Waals surface area contributed by atoms with Gasteiger partial charge in [-0.3, -0.25) is 14.6 Å². The van der Waals surface area contributed by atoms with E-state index in [0.717, 1.165) is 61.0 Å². The molecule has 0 atom stereocenters. The molecule has 6 heteroatoms. The summed E-state index contributed by atoms with van der Waals surface area (Å²) in [5.74, 6) is 0.0161. The van der Waals surface area contributed by atoms with Crippen LogP contribution in [0.15, 0.2) is 48.5 Å². The summed E-state index contributed by atoms with van der Waals surface area (Å²) in [7, 11) is 0. The van der Waals surface area contributed by atoms with E-state index in [0.29, 0.717) is 12.1 Å². The van der Waals surface area contributed by atoms with Gasteiger partial charge in [0.25, 0.3) is 5.91 Å². The van der Waals surface area contributed by atoms with Crippen LogP contribution in [0, 0.1) is 0 Å². The molecule has 1 saturated heterocycles. The van der Waals surface area contributed by atoms with Crippen molar-refractivity contribution in [1.82, 2.24) is 9.88 Å². The molecule has 5 nitrogen and oxygen atoms in total. The second-order valence-corrected chi connectivity index (χ2v) is 8.29. The van der Waals surface area contributed by atoms with Crippen molar-refractivity contribution in [3.8, 4) is 0 Å². The molecule has 0 radical (unpaired) electrons. The van der Waals surface area contributed by atoms with E-state index >= 15 is 0 Å². The van der Waals surface area contributed by atoms with Gasteiger partial charge in [-0.05, 0) is 42.7 Å². The number of amides is 1. The van der Waals surface area contributed by atoms with Crippen LogP contribution in [0.2, 0.25) is 0 Å². The first-order chi connectivity index (χ1) is 14.2. The van der Waals surface area contributed by atoms with Gasteiger partial charge >= 0.3 is 0 Å². The van der Waals surface area contributed by atoms with Crippen LogP contribution in [0.5, 0.6) is 0 Å². The maximum Gasteiger partial charge on any atom is 0.260 e. The fourth-order valence-corrected chi connectivity index (χ4v) is 4.64. The molecule has 0 saturated carbocycles. The molecule has 1 aromatic heterocycles. The second-order valence-electron chi connectivity index (χ2n) is 7.28. The van der Waals surface area contributed by atoms with E-state index < -0.39 is 0 Å². The largest absolute Gasteiger partial charge is 0.379 e. The quantitative estimate of drug-likeness (QED) is 0.586. The molecule has 1 amide bonds. The minimum atomic E-state index is 0.0161. The topological polar surface area (TPSA) is 45.7 Å². The van der Waals surface area contributed by atoms with Gasteiger partial charge in [-0.25, -0.2) is 4.98 Å². The molecule has 0 bridgehead atoms. The Morgan fingerprint density at radius 3 is 2.72 bits per heavy atom. The van der Waals surface area contributed by atoms with Gasteiger partial charge in [0, 0.05) is 31.7 Å². The van der Waals surface area contributed by atoms with Crippen LogP contribution in [0.3, 0.4) is 0 Å². The molecule has 1 aliphatic rings. The third-order valence-electron chi connectivity index (χ3n) is 5.31. The van der Waals surface area contributed by atoms with Crippen molar-refractivity contribution in [3.05, 3.63) is 59.7 Å². The average molecular weight is 410 g/mol. The third kappa shape index (κ3) is 4.83. The van der Waals surface area contributed by atoms with Crippen molar-refractivity contribution in [2.45, 2.75) is 19.8 Å². The Hall–Kier alpha value is -2.28. The van der Waals surface area contributed by atoms with E-state index in [9.17, 15) is 4.79 Å². The lowest BCUT2D eigenvalue weighted by Gasteiger charge is -2.27. The minimum Gasteiger partial charge on any atom is -0.379 e. The summed E-state index contributed by atoms with van der Waals surface area (Å²) in [5.41, 5.74) is 2.95. The molecule has 29 heavy (non-hydrogen) atoms. The number of rotatable bonds is 7. The highest BCUT2D eigenvalue weighted by atomic mass is 32.1. The molecular formula is C23H27N3O2S. The Morgan fingerprint density at radius 1 is 1.17 bits per heavy atom. The number of hydrogen-bond donors (Lipinski definition) is 0. The van der Waals surface area contributed by atoms with Gasteiger partial charge in [0.15, 0.2) is 5.13 Å². The van der Waals surface area contributed by atoms with Gasteiger partial charge in [-0.1, -0.05) is 42.5 Å². The molecule has 152 valence electrons.